The lowest BCUT2D eigenvalue weighted by molar-refractivity contribution is -0.0921. The Hall–Kier alpha value is -1.34. The predicted molar refractivity (Wildman–Crippen MR) is 75.3 cm³/mol. The summed E-state index contributed by atoms with van der Waals surface area (Å²) in [4.78, 5) is 1.99. The number of hydrogen-bond acceptors (Lipinski definition) is 6. The molecule has 6 heteroatoms. The van der Waals surface area contributed by atoms with Gasteiger partial charge in [-0.2, -0.15) is 0 Å². The van der Waals surface area contributed by atoms with Crippen molar-refractivity contribution in [2.75, 3.05) is 26.4 Å². The number of piperidine rings is 1. The van der Waals surface area contributed by atoms with E-state index in [1.54, 1.807) is 0 Å². The fraction of sp³-hybridized carbons (Fsp3) is 0.600. The lowest BCUT2D eigenvalue weighted by atomic mass is 9.96. The van der Waals surface area contributed by atoms with Crippen molar-refractivity contribution in [1.29, 1.82) is 0 Å². The molecule has 6 nitrogen and oxygen atoms in total. The van der Waals surface area contributed by atoms with Crippen molar-refractivity contribution < 1.29 is 24.8 Å². The Bertz CT molecular complexity index is 495. The van der Waals surface area contributed by atoms with Crippen LogP contribution in [0.25, 0.3) is 0 Å². The maximum atomic E-state index is 9.98. The van der Waals surface area contributed by atoms with Gasteiger partial charge in [-0.15, -0.1) is 0 Å². The zero-order valence-electron chi connectivity index (χ0n) is 11.8. The van der Waals surface area contributed by atoms with Crippen LogP contribution in [0, 0.1) is 0 Å². The average Bonchev–Trinajstić information content (AvgIpc) is 2.51. The Morgan fingerprint density at radius 3 is 2.67 bits per heavy atom. The van der Waals surface area contributed by atoms with E-state index < -0.39 is 18.2 Å². The van der Waals surface area contributed by atoms with Gasteiger partial charge in [-0.1, -0.05) is 6.07 Å². The molecule has 2 aliphatic heterocycles. The predicted octanol–water partition coefficient (Wildman–Crippen LogP) is -0.254. The minimum absolute atomic E-state index is 0.178. The van der Waals surface area contributed by atoms with Crippen molar-refractivity contribution in [2.24, 2.45) is 0 Å². The van der Waals surface area contributed by atoms with Crippen molar-refractivity contribution in [3.05, 3.63) is 23.8 Å². The molecule has 0 spiro atoms. The lowest BCUT2D eigenvalue weighted by Crippen LogP contribution is -2.55. The summed E-state index contributed by atoms with van der Waals surface area (Å²) in [7, 11) is 0. The third kappa shape index (κ3) is 2.98. The molecule has 0 saturated carbocycles. The maximum absolute atomic E-state index is 9.98. The molecule has 1 aromatic carbocycles. The first-order valence-corrected chi connectivity index (χ1v) is 7.28. The molecule has 21 heavy (non-hydrogen) atoms. The molecular formula is C15H21NO5. The molecule has 2 heterocycles. The molecule has 0 amide bonds. The molecule has 0 aromatic heterocycles. The van der Waals surface area contributed by atoms with Crippen LogP contribution >= 0.6 is 0 Å². The van der Waals surface area contributed by atoms with Crippen LogP contribution in [0.15, 0.2) is 18.2 Å². The Labute approximate surface area is 123 Å². The fourth-order valence-corrected chi connectivity index (χ4v) is 2.95. The summed E-state index contributed by atoms with van der Waals surface area (Å²) < 4.78 is 11.1. The molecule has 0 aliphatic carbocycles. The lowest BCUT2D eigenvalue weighted by Gasteiger charge is -2.40. The zero-order valence-corrected chi connectivity index (χ0v) is 11.8. The highest BCUT2D eigenvalue weighted by atomic mass is 16.6. The third-order valence-electron chi connectivity index (χ3n) is 4.15. The summed E-state index contributed by atoms with van der Waals surface area (Å²) in [5.74, 6) is 1.48. The molecule has 1 fully saturated rings. The number of hydrogen-bond donors (Lipinski definition) is 3. The van der Waals surface area contributed by atoms with Gasteiger partial charge in [0.2, 0.25) is 0 Å². The van der Waals surface area contributed by atoms with Crippen LogP contribution in [-0.4, -0.2) is 64.8 Å². The Balaban J connectivity index is 1.73. The van der Waals surface area contributed by atoms with E-state index in [9.17, 15) is 15.3 Å². The number of aliphatic hydroxyl groups is 3. The van der Waals surface area contributed by atoms with Gasteiger partial charge in [0, 0.05) is 13.1 Å². The number of benzene rings is 1. The SMILES string of the molecule is OC[C@@H]1[C@@H](O)[C@H](O)CCN1Cc1ccc2c(c1)OCCO2. The van der Waals surface area contributed by atoms with Crippen molar-refractivity contribution in [3.63, 3.8) is 0 Å². The van der Waals surface area contributed by atoms with Crippen LogP contribution in [-0.2, 0) is 6.54 Å². The van der Waals surface area contributed by atoms with Crippen molar-refractivity contribution >= 4 is 0 Å². The highest BCUT2D eigenvalue weighted by Crippen LogP contribution is 2.31. The van der Waals surface area contributed by atoms with Crippen LogP contribution in [0.5, 0.6) is 11.5 Å². The van der Waals surface area contributed by atoms with Crippen molar-refractivity contribution in [1.82, 2.24) is 4.90 Å². The largest absolute Gasteiger partial charge is 0.486 e. The smallest absolute Gasteiger partial charge is 0.161 e. The normalized spacial score (nSPS) is 29.4. The number of fused-ring (bicyclic) bond motifs is 1. The molecule has 0 bridgehead atoms. The highest BCUT2D eigenvalue weighted by molar-refractivity contribution is 5.43. The maximum Gasteiger partial charge on any atom is 0.161 e. The quantitative estimate of drug-likeness (QED) is 0.713. The number of ether oxygens (including phenoxy) is 2. The van der Waals surface area contributed by atoms with Gasteiger partial charge in [0.15, 0.2) is 11.5 Å². The monoisotopic (exact) mass is 295 g/mol. The van der Waals surface area contributed by atoms with E-state index in [-0.39, 0.29) is 6.61 Å². The van der Waals surface area contributed by atoms with Gasteiger partial charge >= 0.3 is 0 Å². The van der Waals surface area contributed by atoms with E-state index in [2.05, 4.69) is 0 Å². The molecular weight excluding hydrogens is 274 g/mol. The molecule has 1 aromatic rings. The second-order valence-electron chi connectivity index (χ2n) is 5.55. The summed E-state index contributed by atoms with van der Waals surface area (Å²) in [5, 5.41) is 29.1. The molecule has 3 rings (SSSR count). The first-order chi connectivity index (χ1) is 10.2. The molecule has 116 valence electrons. The number of nitrogens with zero attached hydrogens (tertiary/aromatic N) is 1. The average molecular weight is 295 g/mol. The van der Waals surface area contributed by atoms with Crippen molar-refractivity contribution in [3.8, 4) is 11.5 Å². The molecule has 1 saturated heterocycles. The van der Waals surface area contributed by atoms with E-state index >= 15 is 0 Å². The van der Waals surface area contributed by atoms with E-state index in [0.29, 0.717) is 32.7 Å². The van der Waals surface area contributed by atoms with Gasteiger partial charge < -0.3 is 24.8 Å². The standard InChI is InChI=1S/C15H21NO5/c17-9-11-15(19)12(18)3-4-16(11)8-10-1-2-13-14(7-10)21-6-5-20-13/h1-2,7,11-12,15,17-19H,3-6,8-9H2/t11-,12-,15-/m1/s1. The van der Waals surface area contributed by atoms with Gasteiger partial charge in [0.05, 0.1) is 24.9 Å². The van der Waals surface area contributed by atoms with Crippen LogP contribution < -0.4 is 9.47 Å². The van der Waals surface area contributed by atoms with E-state index in [0.717, 1.165) is 17.1 Å². The van der Waals surface area contributed by atoms with Gasteiger partial charge in [-0.05, 0) is 24.1 Å². The van der Waals surface area contributed by atoms with Gasteiger partial charge in [0.1, 0.15) is 13.2 Å². The Morgan fingerprint density at radius 2 is 1.90 bits per heavy atom. The van der Waals surface area contributed by atoms with Crippen LogP contribution in [0.1, 0.15) is 12.0 Å². The highest BCUT2D eigenvalue weighted by Gasteiger charge is 2.35. The minimum atomic E-state index is -0.916. The van der Waals surface area contributed by atoms with Crippen LogP contribution in [0.2, 0.25) is 0 Å². The summed E-state index contributed by atoms with van der Waals surface area (Å²) in [6.07, 6.45) is -1.18. The van der Waals surface area contributed by atoms with E-state index in [4.69, 9.17) is 9.47 Å². The summed E-state index contributed by atoms with van der Waals surface area (Å²) in [6, 6.07) is 5.33. The van der Waals surface area contributed by atoms with E-state index in [1.807, 2.05) is 23.1 Å². The van der Waals surface area contributed by atoms with Gasteiger partial charge in [-0.25, -0.2) is 0 Å². The molecule has 3 atom stereocenters. The van der Waals surface area contributed by atoms with Gasteiger partial charge in [0.25, 0.3) is 0 Å². The zero-order chi connectivity index (χ0) is 14.8. The summed E-state index contributed by atoms with van der Waals surface area (Å²) in [6.45, 7) is 2.16. The number of rotatable bonds is 3. The Morgan fingerprint density at radius 1 is 1.14 bits per heavy atom. The number of likely N-dealkylation sites (tertiary alicyclic amines) is 1. The van der Waals surface area contributed by atoms with E-state index in [1.165, 1.54) is 0 Å². The fourth-order valence-electron chi connectivity index (χ4n) is 2.95. The van der Waals surface area contributed by atoms with Crippen LogP contribution in [0.4, 0.5) is 0 Å². The molecule has 2 aliphatic rings. The first-order valence-electron chi connectivity index (χ1n) is 7.28. The van der Waals surface area contributed by atoms with Crippen LogP contribution in [0.3, 0.4) is 0 Å². The first kappa shape index (κ1) is 14.6. The second-order valence-corrected chi connectivity index (χ2v) is 5.55. The minimum Gasteiger partial charge on any atom is -0.486 e. The molecule has 3 N–H and O–H groups in total. The second kappa shape index (κ2) is 6.19. The van der Waals surface area contributed by atoms with Crippen molar-refractivity contribution in [2.45, 2.75) is 31.2 Å². The molecule has 0 unspecified atom stereocenters. The topological polar surface area (TPSA) is 82.4 Å². The molecule has 0 radical (unpaired) electrons. The number of aliphatic hydroxyl groups excluding tert-OH is 3. The van der Waals surface area contributed by atoms with Gasteiger partial charge in [-0.3, -0.25) is 4.90 Å². The summed E-state index contributed by atoms with van der Waals surface area (Å²) in [5.41, 5.74) is 1.03. The summed E-state index contributed by atoms with van der Waals surface area (Å²) >= 11 is 0. The third-order valence-corrected chi connectivity index (χ3v) is 4.15. The Kier molecular flexibility index (Phi) is 4.30.